The second-order valence-electron chi connectivity index (χ2n) is 8.23. The number of carbonyl (C=O) groups is 1. The molecule has 36 heavy (non-hydrogen) atoms. The van der Waals surface area contributed by atoms with E-state index in [2.05, 4.69) is 15.3 Å². The standard InChI is InChI=1S/C28H23FN4O3/c1-19-13-22(7-9-25(19)29)32-28(34)33-12-11-21-14-24(8-10-26(21)33)36-27-15-23(30-18-31-27)17-35-16-20-5-3-2-4-6-20/h2-15,18H,16-17H2,1H3,(H,32,34). The van der Waals surface area contributed by atoms with Gasteiger partial charge in [-0.05, 0) is 60.5 Å². The quantitative estimate of drug-likeness (QED) is 0.288. The average molecular weight is 483 g/mol. The molecule has 5 rings (SSSR count). The van der Waals surface area contributed by atoms with Gasteiger partial charge in [0.25, 0.3) is 0 Å². The SMILES string of the molecule is Cc1cc(NC(=O)n2ccc3cc(Oc4cc(COCc5ccccc5)ncn4)ccc32)ccc1F. The lowest BCUT2D eigenvalue weighted by Crippen LogP contribution is -2.18. The molecule has 8 heteroatoms. The van der Waals surface area contributed by atoms with E-state index in [-0.39, 0.29) is 11.8 Å². The van der Waals surface area contributed by atoms with E-state index in [0.29, 0.717) is 47.3 Å². The van der Waals surface area contributed by atoms with E-state index in [0.717, 1.165) is 10.9 Å². The van der Waals surface area contributed by atoms with Crippen LogP contribution in [0.5, 0.6) is 11.6 Å². The van der Waals surface area contributed by atoms with Crippen molar-refractivity contribution in [1.82, 2.24) is 14.5 Å². The van der Waals surface area contributed by atoms with E-state index in [9.17, 15) is 9.18 Å². The number of benzene rings is 3. The molecule has 0 aliphatic rings. The number of nitrogens with one attached hydrogen (secondary N) is 1. The zero-order valence-corrected chi connectivity index (χ0v) is 19.5. The Morgan fingerprint density at radius 3 is 2.67 bits per heavy atom. The van der Waals surface area contributed by atoms with E-state index in [4.69, 9.17) is 9.47 Å². The lowest BCUT2D eigenvalue weighted by atomic mass is 10.2. The Labute approximate surface area is 207 Å². The van der Waals surface area contributed by atoms with Crippen molar-refractivity contribution in [2.75, 3.05) is 5.32 Å². The predicted octanol–water partition coefficient (Wildman–Crippen LogP) is 6.47. The Hall–Kier alpha value is -4.56. The first-order chi connectivity index (χ1) is 17.5. The summed E-state index contributed by atoms with van der Waals surface area (Å²) in [5.74, 6) is 0.652. The van der Waals surface area contributed by atoms with Crippen LogP contribution in [0.4, 0.5) is 14.9 Å². The number of rotatable bonds is 7. The molecule has 0 radical (unpaired) electrons. The van der Waals surface area contributed by atoms with Gasteiger partial charge < -0.3 is 14.8 Å². The van der Waals surface area contributed by atoms with Crippen molar-refractivity contribution in [1.29, 1.82) is 0 Å². The topological polar surface area (TPSA) is 78.3 Å². The molecule has 1 amide bonds. The summed E-state index contributed by atoms with van der Waals surface area (Å²) in [4.78, 5) is 21.2. The smallest absolute Gasteiger partial charge is 0.330 e. The number of fused-ring (bicyclic) bond motifs is 1. The number of aryl methyl sites for hydroxylation is 1. The Morgan fingerprint density at radius 2 is 1.83 bits per heavy atom. The van der Waals surface area contributed by atoms with E-state index < -0.39 is 0 Å². The first-order valence-electron chi connectivity index (χ1n) is 11.3. The third-order valence-electron chi connectivity index (χ3n) is 5.57. The number of halogens is 1. The van der Waals surface area contributed by atoms with Crippen LogP contribution in [0.3, 0.4) is 0 Å². The van der Waals surface area contributed by atoms with Gasteiger partial charge >= 0.3 is 6.03 Å². The van der Waals surface area contributed by atoms with E-state index in [1.165, 1.54) is 23.0 Å². The number of ether oxygens (including phenoxy) is 2. The molecule has 0 saturated heterocycles. The second kappa shape index (κ2) is 10.4. The van der Waals surface area contributed by atoms with Gasteiger partial charge in [-0.2, -0.15) is 0 Å². The van der Waals surface area contributed by atoms with Gasteiger partial charge in [-0.25, -0.2) is 19.2 Å². The zero-order valence-electron chi connectivity index (χ0n) is 19.5. The van der Waals surface area contributed by atoms with E-state index in [1.54, 1.807) is 37.4 Å². The molecular formula is C28H23FN4O3. The van der Waals surface area contributed by atoms with Gasteiger partial charge in [0.15, 0.2) is 0 Å². The fraction of sp³-hybridized carbons (Fsp3) is 0.107. The highest BCUT2D eigenvalue weighted by atomic mass is 19.1. The van der Waals surface area contributed by atoms with E-state index in [1.807, 2.05) is 42.5 Å². The summed E-state index contributed by atoms with van der Waals surface area (Å²) in [6, 6.07) is 23.0. The minimum absolute atomic E-state index is 0.317. The van der Waals surface area contributed by atoms with Gasteiger partial charge in [-0.15, -0.1) is 0 Å². The maximum atomic E-state index is 13.5. The third-order valence-corrected chi connectivity index (χ3v) is 5.57. The highest BCUT2D eigenvalue weighted by Gasteiger charge is 2.11. The number of nitrogens with zero attached hydrogens (tertiary/aromatic N) is 3. The molecule has 0 unspecified atom stereocenters. The molecule has 0 spiro atoms. The van der Waals surface area contributed by atoms with Crippen LogP contribution >= 0.6 is 0 Å². The zero-order chi connectivity index (χ0) is 24.9. The van der Waals surface area contributed by atoms with Crippen LogP contribution in [-0.2, 0) is 18.0 Å². The van der Waals surface area contributed by atoms with Crippen molar-refractivity contribution in [2.45, 2.75) is 20.1 Å². The van der Waals surface area contributed by atoms with Crippen LogP contribution in [0.15, 0.2) is 91.4 Å². The molecule has 0 atom stereocenters. The van der Waals surface area contributed by atoms with Crippen LogP contribution in [0.25, 0.3) is 10.9 Å². The molecule has 2 heterocycles. The summed E-state index contributed by atoms with van der Waals surface area (Å²) in [7, 11) is 0. The van der Waals surface area contributed by atoms with Crippen LogP contribution in [0.2, 0.25) is 0 Å². The fourth-order valence-corrected chi connectivity index (χ4v) is 3.75. The molecule has 0 fully saturated rings. The van der Waals surface area contributed by atoms with Crippen LogP contribution in [0.1, 0.15) is 16.8 Å². The van der Waals surface area contributed by atoms with Crippen molar-refractivity contribution < 1.29 is 18.7 Å². The minimum atomic E-state index is -0.347. The number of amides is 1. The molecular weight excluding hydrogens is 459 g/mol. The highest BCUT2D eigenvalue weighted by Crippen LogP contribution is 2.26. The van der Waals surface area contributed by atoms with Crippen molar-refractivity contribution in [3.8, 4) is 11.6 Å². The molecule has 5 aromatic rings. The summed E-state index contributed by atoms with van der Waals surface area (Å²) in [6.45, 7) is 2.47. The average Bonchev–Trinajstić information content (AvgIpc) is 3.31. The monoisotopic (exact) mass is 482 g/mol. The number of hydrogen-bond donors (Lipinski definition) is 1. The van der Waals surface area contributed by atoms with Crippen LogP contribution in [0, 0.1) is 12.7 Å². The lowest BCUT2D eigenvalue weighted by Gasteiger charge is -2.09. The lowest BCUT2D eigenvalue weighted by molar-refractivity contribution is 0.104. The predicted molar refractivity (Wildman–Crippen MR) is 135 cm³/mol. The summed E-state index contributed by atoms with van der Waals surface area (Å²) in [5, 5.41) is 3.61. The molecule has 2 aromatic heterocycles. The minimum Gasteiger partial charge on any atom is -0.439 e. The molecule has 0 saturated carbocycles. The Morgan fingerprint density at radius 1 is 0.972 bits per heavy atom. The molecule has 3 aromatic carbocycles. The van der Waals surface area contributed by atoms with Crippen molar-refractivity contribution in [3.63, 3.8) is 0 Å². The number of carbonyl (C=O) groups excluding carboxylic acids is 1. The van der Waals surface area contributed by atoms with Gasteiger partial charge in [0.1, 0.15) is 17.9 Å². The largest absolute Gasteiger partial charge is 0.439 e. The second-order valence-corrected chi connectivity index (χ2v) is 8.23. The molecule has 0 aliphatic carbocycles. The van der Waals surface area contributed by atoms with Gasteiger partial charge in [-0.3, -0.25) is 4.57 Å². The Kier molecular flexibility index (Phi) is 6.68. The molecule has 180 valence electrons. The van der Waals surface area contributed by atoms with Crippen molar-refractivity contribution in [3.05, 3.63) is 114 Å². The van der Waals surface area contributed by atoms with Gasteiger partial charge in [0.2, 0.25) is 5.88 Å². The maximum absolute atomic E-state index is 13.5. The van der Waals surface area contributed by atoms with Gasteiger partial charge in [0, 0.05) is 23.3 Å². The van der Waals surface area contributed by atoms with Gasteiger partial charge in [-0.1, -0.05) is 30.3 Å². The fourth-order valence-electron chi connectivity index (χ4n) is 3.75. The van der Waals surface area contributed by atoms with Crippen molar-refractivity contribution >= 4 is 22.6 Å². The Bertz CT molecular complexity index is 1520. The van der Waals surface area contributed by atoms with Crippen molar-refractivity contribution in [2.24, 2.45) is 0 Å². The molecule has 7 nitrogen and oxygen atoms in total. The first-order valence-corrected chi connectivity index (χ1v) is 11.3. The summed E-state index contributed by atoms with van der Waals surface area (Å²) < 4.78 is 26.7. The van der Waals surface area contributed by atoms with Crippen LogP contribution < -0.4 is 10.1 Å². The third kappa shape index (κ3) is 5.39. The summed E-state index contributed by atoms with van der Waals surface area (Å²) in [6.07, 6.45) is 3.11. The number of anilines is 1. The molecule has 0 bridgehead atoms. The number of hydrogen-bond acceptors (Lipinski definition) is 5. The Balaban J connectivity index is 1.24. The summed E-state index contributed by atoms with van der Waals surface area (Å²) >= 11 is 0. The number of aromatic nitrogens is 3. The van der Waals surface area contributed by atoms with E-state index >= 15 is 0 Å². The first kappa shape index (κ1) is 23.2. The van der Waals surface area contributed by atoms with Crippen LogP contribution in [-0.4, -0.2) is 20.6 Å². The molecule has 1 N–H and O–H groups in total. The maximum Gasteiger partial charge on any atom is 0.330 e. The van der Waals surface area contributed by atoms with Gasteiger partial charge in [0.05, 0.1) is 24.4 Å². The normalized spacial score (nSPS) is 10.9. The highest BCUT2D eigenvalue weighted by molar-refractivity contribution is 5.98. The summed E-state index contributed by atoms with van der Waals surface area (Å²) in [5.41, 5.74) is 3.48. The molecule has 0 aliphatic heterocycles.